The lowest BCUT2D eigenvalue weighted by Crippen LogP contribution is -2.21. The first-order valence-electron chi connectivity index (χ1n) is 6.64. The quantitative estimate of drug-likeness (QED) is 0.414. The van der Waals surface area contributed by atoms with Gasteiger partial charge >= 0.3 is 5.97 Å². The number of esters is 1. The summed E-state index contributed by atoms with van der Waals surface area (Å²) < 4.78 is 5.43. The molecule has 0 aliphatic heterocycles. The van der Waals surface area contributed by atoms with Gasteiger partial charge in [-0.3, -0.25) is 14.9 Å². The summed E-state index contributed by atoms with van der Waals surface area (Å²) in [5.74, 6) is -1.54. The second kappa shape index (κ2) is 8.28. The molecular formula is C15H9BrCl2N2O5. The maximum Gasteiger partial charge on any atom is 0.340 e. The number of hydrogen-bond acceptors (Lipinski definition) is 5. The van der Waals surface area contributed by atoms with Crippen molar-refractivity contribution in [2.45, 2.75) is 0 Å². The summed E-state index contributed by atoms with van der Waals surface area (Å²) in [5.41, 5.74) is -0.0598. The highest BCUT2D eigenvalue weighted by molar-refractivity contribution is 9.10. The lowest BCUT2D eigenvalue weighted by Gasteiger charge is -2.08. The van der Waals surface area contributed by atoms with E-state index < -0.39 is 23.4 Å². The maximum atomic E-state index is 12.0. The lowest BCUT2D eigenvalue weighted by atomic mass is 10.2. The zero-order chi connectivity index (χ0) is 18.6. The third kappa shape index (κ3) is 5.15. The van der Waals surface area contributed by atoms with Gasteiger partial charge in [-0.15, -0.1) is 0 Å². The first kappa shape index (κ1) is 19.2. The van der Waals surface area contributed by atoms with Crippen molar-refractivity contribution in [3.63, 3.8) is 0 Å². The van der Waals surface area contributed by atoms with Crippen LogP contribution in [-0.4, -0.2) is 23.4 Å². The summed E-state index contributed by atoms with van der Waals surface area (Å²) in [6.45, 7) is -0.585. The van der Waals surface area contributed by atoms with Crippen LogP contribution >= 0.6 is 39.1 Å². The monoisotopic (exact) mass is 446 g/mol. The van der Waals surface area contributed by atoms with E-state index in [0.717, 1.165) is 12.1 Å². The average molecular weight is 448 g/mol. The summed E-state index contributed by atoms with van der Waals surface area (Å²) in [4.78, 5) is 33.9. The zero-order valence-electron chi connectivity index (χ0n) is 12.3. The molecule has 2 aromatic rings. The molecule has 130 valence electrons. The Balaban J connectivity index is 1.99. The van der Waals surface area contributed by atoms with E-state index in [2.05, 4.69) is 21.2 Å². The van der Waals surface area contributed by atoms with Gasteiger partial charge in [0.2, 0.25) is 0 Å². The number of anilines is 1. The molecule has 0 fully saturated rings. The lowest BCUT2D eigenvalue weighted by molar-refractivity contribution is -0.384. The fourth-order valence-corrected chi connectivity index (χ4v) is 2.45. The van der Waals surface area contributed by atoms with Crippen molar-refractivity contribution < 1.29 is 19.2 Å². The van der Waals surface area contributed by atoms with E-state index in [-0.39, 0.29) is 16.3 Å². The minimum atomic E-state index is -0.943. The molecule has 1 N–H and O–H groups in total. The summed E-state index contributed by atoms with van der Waals surface area (Å²) >= 11 is 14.9. The Bertz CT molecular complexity index is 860. The number of carbonyl (C=O) groups excluding carboxylic acids is 2. The van der Waals surface area contributed by atoms with E-state index >= 15 is 0 Å². The Morgan fingerprint density at radius 3 is 2.48 bits per heavy atom. The van der Waals surface area contributed by atoms with Crippen LogP contribution < -0.4 is 5.32 Å². The average Bonchev–Trinajstić information content (AvgIpc) is 2.56. The predicted octanol–water partition coefficient (Wildman–Crippen LogP) is 4.46. The highest BCUT2D eigenvalue weighted by Crippen LogP contribution is 2.25. The van der Waals surface area contributed by atoms with Crippen molar-refractivity contribution in [1.82, 2.24) is 0 Å². The van der Waals surface area contributed by atoms with Gasteiger partial charge in [-0.25, -0.2) is 4.79 Å². The Hall–Kier alpha value is -2.16. The molecule has 2 aromatic carbocycles. The molecule has 0 heterocycles. The smallest absolute Gasteiger partial charge is 0.340 e. The van der Waals surface area contributed by atoms with Crippen LogP contribution in [0.15, 0.2) is 40.9 Å². The van der Waals surface area contributed by atoms with Gasteiger partial charge in [-0.1, -0.05) is 23.2 Å². The molecule has 0 aromatic heterocycles. The van der Waals surface area contributed by atoms with Gasteiger partial charge in [-0.05, 0) is 40.2 Å². The van der Waals surface area contributed by atoms with E-state index in [1.807, 2.05) is 0 Å². The van der Waals surface area contributed by atoms with Gasteiger partial charge in [0.15, 0.2) is 6.61 Å². The van der Waals surface area contributed by atoms with Gasteiger partial charge in [0, 0.05) is 22.3 Å². The van der Waals surface area contributed by atoms with Crippen LogP contribution in [0.25, 0.3) is 0 Å². The molecule has 10 heteroatoms. The second-order valence-electron chi connectivity index (χ2n) is 4.67. The third-order valence-corrected chi connectivity index (χ3v) is 4.46. The molecule has 0 saturated carbocycles. The Morgan fingerprint density at radius 2 is 1.84 bits per heavy atom. The van der Waals surface area contributed by atoms with Crippen LogP contribution in [0.5, 0.6) is 0 Å². The molecule has 2 rings (SSSR count). The Morgan fingerprint density at radius 1 is 1.16 bits per heavy atom. The summed E-state index contributed by atoms with van der Waals surface area (Å²) in [6, 6.07) is 8.09. The second-order valence-corrected chi connectivity index (χ2v) is 6.34. The number of non-ortho nitro benzene ring substituents is 1. The van der Waals surface area contributed by atoms with Crippen LogP contribution in [-0.2, 0) is 9.53 Å². The number of nitrogens with one attached hydrogen (secondary N) is 1. The van der Waals surface area contributed by atoms with E-state index in [1.54, 1.807) is 18.2 Å². The Labute approximate surface area is 160 Å². The number of nitrogens with zero attached hydrogens (tertiary/aromatic N) is 1. The van der Waals surface area contributed by atoms with Crippen molar-refractivity contribution in [2.75, 3.05) is 11.9 Å². The molecule has 0 radical (unpaired) electrons. The van der Waals surface area contributed by atoms with Crippen molar-refractivity contribution in [3.05, 3.63) is 66.6 Å². The van der Waals surface area contributed by atoms with Crippen LogP contribution in [0.2, 0.25) is 10.0 Å². The molecule has 1 amide bonds. The summed E-state index contributed by atoms with van der Waals surface area (Å²) in [7, 11) is 0. The van der Waals surface area contributed by atoms with Crippen molar-refractivity contribution in [3.8, 4) is 0 Å². The number of carbonyl (C=O) groups is 2. The van der Waals surface area contributed by atoms with E-state index in [0.29, 0.717) is 15.2 Å². The zero-order valence-corrected chi connectivity index (χ0v) is 15.4. The molecule has 0 atom stereocenters. The topological polar surface area (TPSA) is 98.5 Å². The number of nitro benzene ring substituents is 1. The highest BCUT2D eigenvalue weighted by atomic mass is 79.9. The first-order chi connectivity index (χ1) is 11.8. The number of rotatable bonds is 5. The molecular weight excluding hydrogens is 439 g/mol. The normalized spacial score (nSPS) is 10.2. The van der Waals surface area contributed by atoms with Crippen LogP contribution in [0, 0.1) is 10.1 Å². The fraction of sp³-hybridized carbons (Fsp3) is 0.0667. The van der Waals surface area contributed by atoms with Crippen LogP contribution in [0.4, 0.5) is 11.4 Å². The number of ether oxygens (including phenoxy) is 1. The number of nitro groups is 1. The first-order valence-corrected chi connectivity index (χ1v) is 8.19. The molecule has 25 heavy (non-hydrogen) atoms. The highest BCUT2D eigenvalue weighted by Gasteiger charge is 2.18. The van der Waals surface area contributed by atoms with Crippen molar-refractivity contribution >= 4 is 62.4 Å². The van der Waals surface area contributed by atoms with E-state index in [9.17, 15) is 19.7 Å². The number of amides is 1. The third-order valence-electron chi connectivity index (χ3n) is 2.92. The van der Waals surface area contributed by atoms with E-state index in [4.69, 9.17) is 27.9 Å². The molecule has 0 bridgehead atoms. The minimum absolute atomic E-state index is 0.0161. The van der Waals surface area contributed by atoms with Gasteiger partial charge < -0.3 is 10.1 Å². The fourth-order valence-electron chi connectivity index (χ4n) is 1.76. The molecule has 0 aliphatic carbocycles. The van der Waals surface area contributed by atoms with Crippen molar-refractivity contribution in [2.24, 2.45) is 0 Å². The van der Waals surface area contributed by atoms with Gasteiger partial charge in [0.05, 0.1) is 20.5 Å². The van der Waals surface area contributed by atoms with Gasteiger partial charge in [0.25, 0.3) is 11.6 Å². The van der Waals surface area contributed by atoms with Crippen molar-refractivity contribution in [1.29, 1.82) is 0 Å². The standard InChI is InChI=1S/C15H9BrCl2N2O5/c16-11-5-8(1-3-13(11)18)19-14(21)7-25-15(22)10-6-9(20(23)24)2-4-12(10)17/h1-6H,7H2,(H,19,21). The molecule has 0 saturated heterocycles. The number of hydrogen-bond donors (Lipinski definition) is 1. The maximum absolute atomic E-state index is 12.0. The molecule has 0 unspecified atom stereocenters. The van der Waals surface area contributed by atoms with E-state index in [1.165, 1.54) is 6.07 Å². The van der Waals surface area contributed by atoms with Crippen LogP contribution in [0.3, 0.4) is 0 Å². The summed E-state index contributed by atoms with van der Waals surface area (Å²) in [5, 5.41) is 13.7. The largest absolute Gasteiger partial charge is 0.452 e. The van der Waals surface area contributed by atoms with Gasteiger partial charge in [0.1, 0.15) is 0 Å². The SMILES string of the molecule is O=C(COC(=O)c1cc([N+](=O)[O-])ccc1Cl)Nc1ccc(Cl)c(Br)c1. The molecule has 0 spiro atoms. The molecule has 0 aliphatic rings. The summed E-state index contributed by atoms with van der Waals surface area (Å²) in [6.07, 6.45) is 0. The predicted molar refractivity (Wildman–Crippen MR) is 96.2 cm³/mol. The molecule has 7 nitrogen and oxygen atoms in total. The number of halogens is 3. The number of benzene rings is 2. The van der Waals surface area contributed by atoms with Gasteiger partial charge in [-0.2, -0.15) is 0 Å². The minimum Gasteiger partial charge on any atom is -0.452 e. The van der Waals surface area contributed by atoms with Crippen LogP contribution in [0.1, 0.15) is 10.4 Å². The Kier molecular flexibility index (Phi) is 6.35.